The fraction of sp³-hybridized carbons (Fsp3) is 0.0909. The van der Waals surface area contributed by atoms with Crippen LogP contribution in [-0.4, -0.2) is 5.11 Å². The van der Waals surface area contributed by atoms with Gasteiger partial charge >= 0.3 is 0 Å². The third-order valence-corrected chi connectivity index (χ3v) is 2.72. The molecule has 2 aromatic rings. The van der Waals surface area contributed by atoms with E-state index >= 15 is 0 Å². The molecule has 0 saturated carbocycles. The largest absolute Gasteiger partial charge is 0.508 e. The highest BCUT2D eigenvalue weighted by atomic mass is 79.9. The van der Waals surface area contributed by atoms with E-state index in [9.17, 15) is 0 Å². The van der Waals surface area contributed by atoms with Crippen LogP contribution in [0, 0.1) is 0 Å². The van der Waals surface area contributed by atoms with Crippen LogP contribution >= 0.6 is 15.9 Å². The van der Waals surface area contributed by atoms with Crippen molar-refractivity contribution >= 4 is 21.6 Å². The third-order valence-electron chi connectivity index (χ3n) is 2.01. The average molecular weight is 268 g/mol. The molecule has 0 bridgehead atoms. The molecule has 1 aromatic carbocycles. The number of hydrogen-bond acceptors (Lipinski definition) is 3. The van der Waals surface area contributed by atoms with Crippen LogP contribution < -0.4 is 5.32 Å². The standard InChI is InChI=1S/C11H10BrNO2/c12-10-5-6-15-11(10)7-13-8-1-3-9(14)4-2-8/h1-6,13-14H,7H2. The van der Waals surface area contributed by atoms with Gasteiger partial charge in [0.2, 0.25) is 0 Å². The molecule has 4 heteroatoms. The Balaban J connectivity index is 1.99. The Morgan fingerprint density at radius 2 is 1.93 bits per heavy atom. The first-order valence-electron chi connectivity index (χ1n) is 4.50. The number of halogens is 1. The lowest BCUT2D eigenvalue weighted by atomic mass is 10.3. The van der Waals surface area contributed by atoms with E-state index in [1.54, 1.807) is 18.4 Å². The summed E-state index contributed by atoms with van der Waals surface area (Å²) >= 11 is 3.38. The Morgan fingerprint density at radius 1 is 1.20 bits per heavy atom. The second kappa shape index (κ2) is 4.40. The molecular weight excluding hydrogens is 258 g/mol. The molecule has 15 heavy (non-hydrogen) atoms. The molecule has 0 aliphatic rings. The van der Waals surface area contributed by atoms with Crippen molar-refractivity contribution in [1.82, 2.24) is 0 Å². The van der Waals surface area contributed by atoms with Gasteiger partial charge in [0, 0.05) is 5.69 Å². The zero-order valence-corrected chi connectivity index (χ0v) is 9.49. The molecule has 3 nitrogen and oxygen atoms in total. The van der Waals surface area contributed by atoms with Gasteiger partial charge in [0.05, 0.1) is 17.3 Å². The Hall–Kier alpha value is -1.42. The summed E-state index contributed by atoms with van der Waals surface area (Å²) < 4.78 is 6.20. The Bertz CT molecular complexity index is 436. The van der Waals surface area contributed by atoms with Crippen LogP contribution in [0.3, 0.4) is 0 Å². The summed E-state index contributed by atoms with van der Waals surface area (Å²) in [7, 11) is 0. The van der Waals surface area contributed by atoms with Crippen LogP contribution in [0.4, 0.5) is 5.69 Å². The quantitative estimate of drug-likeness (QED) is 0.839. The van der Waals surface area contributed by atoms with Crippen LogP contribution in [-0.2, 0) is 6.54 Å². The van der Waals surface area contributed by atoms with Gasteiger partial charge in [0.25, 0.3) is 0 Å². The number of phenolic OH excluding ortho intramolecular Hbond substituents is 1. The van der Waals surface area contributed by atoms with Crippen LogP contribution in [0.2, 0.25) is 0 Å². The van der Waals surface area contributed by atoms with Crippen molar-refractivity contribution in [1.29, 1.82) is 0 Å². The monoisotopic (exact) mass is 267 g/mol. The van der Waals surface area contributed by atoms with Crippen molar-refractivity contribution in [3.63, 3.8) is 0 Å². The number of benzene rings is 1. The van der Waals surface area contributed by atoms with Gasteiger partial charge in [-0.25, -0.2) is 0 Å². The molecule has 0 fully saturated rings. The molecule has 0 radical (unpaired) electrons. The lowest BCUT2D eigenvalue weighted by Gasteiger charge is -2.04. The second-order valence-electron chi connectivity index (χ2n) is 3.09. The second-order valence-corrected chi connectivity index (χ2v) is 3.95. The Morgan fingerprint density at radius 3 is 2.53 bits per heavy atom. The first kappa shape index (κ1) is 10.1. The van der Waals surface area contributed by atoms with Crippen molar-refractivity contribution in [3.8, 4) is 5.75 Å². The van der Waals surface area contributed by atoms with Crippen LogP contribution in [0.5, 0.6) is 5.75 Å². The summed E-state index contributed by atoms with van der Waals surface area (Å²) in [5, 5.41) is 12.3. The number of nitrogens with one attached hydrogen (secondary N) is 1. The fourth-order valence-corrected chi connectivity index (χ4v) is 1.55. The van der Waals surface area contributed by atoms with Crippen molar-refractivity contribution < 1.29 is 9.52 Å². The van der Waals surface area contributed by atoms with Gasteiger partial charge in [-0.05, 0) is 46.3 Å². The fourth-order valence-electron chi connectivity index (χ4n) is 1.21. The lowest BCUT2D eigenvalue weighted by Crippen LogP contribution is -1.98. The van der Waals surface area contributed by atoms with E-state index in [-0.39, 0.29) is 5.75 Å². The smallest absolute Gasteiger partial charge is 0.136 e. The van der Waals surface area contributed by atoms with Crippen molar-refractivity contribution in [2.45, 2.75) is 6.54 Å². The predicted octanol–water partition coefficient (Wildman–Crippen LogP) is 3.36. The minimum Gasteiger partial charge on any atom is -0.508 e. The van der Waals surface area contributed by atoms with E-state index in [1.165, 1.54) is 0 Å². The first-order chi connectivity index (χ1) is 7.25. The summed E-state index contributed by atoms with van der Waals surface area (Å²) in [5.74, 6) is 1.11. The van der Waals surface area contributed by atoms with Gasteiger partial charge in [0.1, 0.15) is 11.5 Å². The average Bonchev–Trinajstić information content (AvgIpc) is 2.63. The highest BCUT2D eigenvalue weighted by Gasteiger charge is 2.02. The zero-order chi connectivity index (χ0) is 10.7. The van der Waals surface area contributed by atoms with Gasteiger partial charge in [-0.2, -0.15) is 0 Å². The summed E-state index contributed by atoms with van der Waals surface area (Å²) in [6.07, 6.45) is 1.64. The maximum atomic E-state index is 9.10. The molecule has 2 N–H and O–H groups in total. The maximum Gasteiger partial charge on any atom is 0.136 e. The van der Waals surface area contributed by atoms with Crippen LogP contribution in [0.1, 0.15) is 5.76 Å². The van der Waals surface area contributed by atoms with Gasteiger partial charge in [0.15, 0.2) is 0 Å². The SMILES string of the molecule is Oc1ccc(NCc2occc2Br)cc1. The highest BCUT2D eigenvalue weighted by Crippen LogP contribution is 2.20. The summed E-state index contributed by atoms with van der Waals surface area (Å²) in [6.45, 7) is 0.609. The molecule has 0 aliphatic heterocycles. The zero-order valence-electron chi connectivity index (χ0n) is 7.90. The van der Waals surface area contributed by atoms with Gasteiger partial charge in [-0.3, -0.25) is 0 Å². The summed E-state index contributed by atoms with van der Waals surface area (Å²) in [5.41, 5.74) is 0.941. The van der Waals surface area contributed by atoms with E-state index in [1.807, 2.05) is 18.2 Å². The van der Waals surface area contributed by atoms with E-state index in [4.69, 9.17) is 9.52 Å². The molecule has 0 amide bonds. The summed E-state index contributed by atoms with van der Waals surface area (Å²) in [4.78, 5) is 0. The molecule has 1 heterocycles. The molecule has 78 valence electrons. The van der Waals surface area contributed by atoms with Crippen LogP contribution in [0.15, 0.2) is 45.5 Å². The van der Waals surface area contributed by atoms with E-state index < -0.39 is 0 Å². The number of hydrogen-bond donors (Lipinski definition) is 2. The van der Waals surface area contributed by atoms with E-state index in [0.717, 1.165) is 15.9 Å². The number of furan rings is 1. The normalized spacial score (nSPS) is 10.2. The third kappa shape index (κ3) is 2.53. The van der Waals surface area contributed by atoms with E-state index in [2.05, 4.69) is 21.2 Å². The Kier molecular flexibility index (Phi) is 2.97. The maximum absolute atomic E-state index is 9.10. The van der Waals surface area contributed by atoms with Crippen molar-refractivity contribution in [2.24, 2.45) is 0 Å². The van der Waals surface area contributed by atoms with Gasteiger partial charge in [-0.1, -0.05) is 0 Å². The topological polar surface area (TPSA) is 45.4 Å². The Labute approximate surface area is 95.9 Å². The molecule has 0 saturated heterocycles. The number of phenols is 1. The van der Waals surface area contributed by atoms with Crippen molar-refractivity contribution in [3.05, 3.63) is 46.8 Å². The number of anilines is 1. The molecule has 0 aliphatic carbocycles. The minimum absolute atomic E-state index is 0.264. The number of aromatic hydroxyl groups is 1. The molecule has 1 aromatic heterocycles. The van der Waals surface area contributed by atoms with Gasteiger partial charge < -0.3 is 14.8 Å². The predicted molar refractivity (Wildman–Crippen MR) is 61.8 cm³/mol. The number of rotatable bonds is 3. The molecule has 2 rings (SSSR count). The molecule has 0 spiro atoms. The van der Waals surface area contributed by atoms with Crippen molar-refractivity contribution in [2.75, 3.05) is 5.32 Å². The minimum atomic E-state index is 0.264. The van der Waals surface area contributed by atoms with Crippen LogP contribution in [0.25, 0.3) is 0 Å². The highest BCUT2D eigenvalue weighted by molar-refractivity contribution is 9.10. The summed E-state index contributed by atoms with van der Waals surface area (Å²) in [6, 6.07) is 8.76. The molecular formula is C11H10BrNO2. The molecule has 0 atom stereocenters. The van der Waals surface area contributed by atoms with Gasteiger partial charge in [-0.15, -0.1) is 0 Å². The first-order valence-corrected chi connectivity index (χ1v) is 5.30. The van der Waals surface area contributed by atoms with E-state index in [0.29, 0.717) is 6.54 Å². The lowest BCUT2D eigenvalue weighted by molar-refractivity contribution is 0.475. The molecule has 0 unspecified atom stereocenters.